The van der Waals surface area contributed by atoms with E-state index in [-0.39, 0.29) is 12.1 Å². The monoisotopic (exact) mass is 157 g/mol. The second-order valence-electron chi connectivity index (χ2n) is 4.31. The van der Waals surface area contributed by atoms with Gasteiger partial charge in [-0.2, -0.15) is 0 Å². The van der Waals surface area contributed by atoms with E-state index in [1.54, 1.807) is 0 Å². The molecule has 1 fully saturated rings. The molecular weight excluding hydrogens is 138 g/mol. The lowest BCUT2D eigenvalue weighted by atomic mass is 9.88. The lowest BCUT2D eigenvalue weighted by Gasteiger charge is -2.21. The molecule has 2 nitrogen and oxygen atoms in total. The lowest BCUT2D eigenvalue weighted by molar-refractivity contribution is 0.186. The SMILES string of the molecule is CC(C)C1CNC(C)(CO)C1. The van der Waals surface area contributed by atoms with Crippen LogP contribution in [0, 0.1) is 11.8 Å². The van der Waals surface area contributed by atoms with Gasteiger partial charge in [0.15, 0.2) is 0 Å². The number of aliphatic hydroxyl groups excluding tert-OH is 1. The van der Waals surface area contributed by atoms with Crippen LogP contribution in [-0.4, -0.2) is 23.8 Å². The molecule has 1 aliphatic heterocycles. The first-order valence-corrected chi connectivity index (χ1v) is 4.43. The molecule has 0 saturated carbocycles. The molecule has 1 aliphatic rings. The molecule has 0 aromatic heterocycles. The molecule has 2 N–H and O–H groups in total. The van der Waals surface area contributed by atoms with Gasteiger partial charge in [0.2, 0.25) is 0 Å². The van der Waals surface area contributed by atoms with Crippen molar-refractivity contribution in [1.82, 2.24) is 5.32 Å². The zero-order valence-electron chi connectivity index (χ0n) is 7.72. The van der Waals surface area contributed by atoms with Crippen LogP contribution in [0.3, 0.4) is 0 Å². The molecule has 0 aromatic rings. The number of rotatable bonds is 2. The Labute approximate surface area is 69.0 Å². The summed E-state index contributed by atoms with van der Waals surface area (Å²) in [5.74, 6) is 1.48. The van der Waals surface area contributed by atoms with Gasteiger partial charge >= 0.3 is 0 Å². The number of hydrogen-bond donors (Lipinski definition) is 2. The minimum absolute atomic E-state index is 0.00502. The van der Waals surface area contributed by atoms with Gasteiger partial charge in [-0.15, -0.1) is 0 Å². The van der Waals surface area contributed by atoms with E-state index in [2.05, 4.69) is 26.1 Å². The van der Waals surface area contributed by atoms with Gasteiger partial charge in [-0.3, -0.25) is 0 Å². The minimum atomic E-state index is -0.00502. The zero-order valence-corrected chi connectivity index (χ0v) is 7.72. The highest BCUT2D eigenvalue weighted by atomic mass is 16.3. The zero-order chi connectivity index (χ0) is 8.48. The molecule has 11 heavy (non-hydrogen) atoms. The summed E-state index contributed by atoms with van der Waals surface area (Å²) in [7, 11) is 0. The maximum Gasteiger partial charge on any atom is 0.0610 e. The van der Waals surface area contributed by atoms with Crippen LogP contribution in [0.2, 0.25) is 0 Å². The van der Waals surface area contributed by atoms with Crippen LogP contribution in [0.5, 0.6) is 0 Å². The van der Waals surface area contributed by atoms with Crippen LogP contribution >= 0.6 is 0 Å². The quantitative estimate of drug-likeness (QED) is 0.627. The fourth-order valence-corrected chi connectivity index (χ4v) is 1.69. The van der Waals surface area contributed by atoms with Gasteiger partial charge in [0, 0.05) is 5.54 Å². The Morgan fingerprint density at radius 1 is 1.64 bits per heavy atom. The summed E-state index contributed by atoms with van der Waals surface area (Å²) in [4.78, 5) is 0. The molecule has 0 spiro atoms. The highest BCUT2D eigenvalue weighted by Crippen LogP contribution is 2.28. The van der Waals surface area contributed by atoms with Gasteiger partial charge in [-0.1, -0.05) is 13.8 Å². The minimum Gasteiger partial charge on any atom is -0.394 e. The summed E-state index contributed by atoms with van der Waals surface area (Å²) >= 11 is 0. The second-order valence-corrected chi connectivity index (χ2v) is 4.31. The number of hydrogen-bond acceptors (Lipinski definition) is 2. The van der Waals surface area contributed by atoms with Crippen molar-refractivity contribution in [2.24, 2.45) is 11.8 Å². The molecule has 66 valence electrons. The van der Waals surface area contributed by atoms with Crippen molar-refractivity contribution < 1.29 is 5.11 Å². The molecule has 1 rings (SSSR count). The molecule has 0 radical (unpaired) electrons. The van der Waals surface area contributed by atoms with E-state index in [0.717, 1.165) is 24.8 Å². The summed E-state index contributed by atoms with van der Waals surface area (Å²) in [5.41, 5.74) is -0.00502. The largest absolute Gasteiger partial charge is 0.394 e. The van der Waals surface area contributed by atoms with E-state index >= 15 is 0 Å². The van der Waals surface area contributed by atoms with Gasteiger partial charge in [-0.05, 0) is 31.7 Å². The maximum absolute atomic E-state index is 9.06. The normalized spacial score (nSPS) is 38.5. The summed E-state index contributed by atoms with van der Waals surface area (Å²) < 4.78 is 0. The molecule has 0 aromatic carbocycles. The van der Waals surface area contributed by atoms with Crippen molar-refractivity contribution in [3.63, 3.8) is 0 Å². The third kappa shape index (κ3) is 1.94. The van der Waals surface area contributed by atoms with Crippen molar-refractivity contribution in [1.29, 1.82) is 0 Å². The summed E-state index contributed by atoms with van der Waals surface area (Å²) in [5, 5.41) is 12.4. The van der Waals surface area contributed by atoms with Gasteiger partial charge < -0.3 is 10.4 Å². The first kappa shape index (κ1) is 9.01. The molecule has 1 saturated heterocycles. The number of nitrogens with one attached hydrogen (secondary N) is 1. The molecule has 2 heteroatoms. The van der Waals surface area contributed by atoms with E-state index in [9.17, 15) is 0 Å². The van der Waals surface area contributed by atoms with Crippen molar-refractivity contribution in [3.8, 4) is 0 Å². The maximum atomic E-state index is 9.06. The standard InChI is InChI=1S/C9H19NO/c1-7(2)8-4-9(3,6-11)10-5-8/h7-8,10-11H,4-6H2,1-3H3. The van der Waals surface area contributed by atoms with Gasteiger partial charge in [0.25, 0.3) is 0 Å². The number of aliphatic hydroxyl groups is 1. The Bertz CT molecular complexity index is 136. The molecule has 2 atom stereocenters. The Kier molecular flexibility index (Phi) is 2.55. The molecule has 0 amide bonds. The topological polar surface area (TPSA) is 32.3 Å². The third-order valence-electron chi connectivity index (χ3n) is 2.80. The van der Waals surface area contributed by atoms with E-state index in [1.165, 1.54) is 0 Å². The highest BCUT2D eigenvalue weighted by Gasteiger charge is 2.34. The third-order valence-corrected chi connectivity index (χ3v) is 2.80. The average molecular weight is 157 g/mol. The average Bonchev–Trinajstić information content (AvgIpc) is 2.33. The van der Waals surface area contributed by atoms with Crippen molar-refractivity contribution in [3.05, 3.63) is 0 Å². The molecule has 2 unspecified atom stereocenters. The summed E-state index contributed by atoms with van der Waals surface area (Å²) in [6, 6.07) is 0. The lowest BCUT2D eigenvalue weighted by Crippen LogP contribution is -2.39. The Hall–Kier alpha value is -0.0800. The first-order valence-electron chi connectivity index (χ1n) is 4.43. The summed E-state index contributed by atoms with van der Waals surface area (Å²) in [6.45, 7) is 7.91. The van der Waals surface area contributed by atoms with Gasteiger partial charge in [0.1, 0.15) is 0 Å². The molecule has 0 aliphatic carbocycles. The molecule has 0 bridgehead atoms. The van der Waals surface area contributed by atoms with E-state index in [1.807, 2.05) is 0 Å². The van der Waals surface area contributed by atoms with Gasteiger partial charge in [-0.25, -0.2) is 0 Å². The van der Waals surface area contributed by atoms with Crippen LogP contribution in [-0.2, 0) is 0 Å². The Morgan fingerprint density at radius 3 is 2.55 bits per heavy atom. The molecule has 1 heterocycles. The van der Waals surface area contributed by atoms with Crippen molar-refractivity contribution in [2.45, 2.75) is 32.7 Å². The molecular formula is C9H19NO. The van der Waals surface area contributed by atoms with E-state index in [0.29, 0.717) is 0 Å². The summed E-state index contributed by atoms with van der Waals surface area (Å²) in [6.07, 6.45) is 1.11. The fourth-order valence-electron chi connectivity index (χ4n) is 1.69. The van der Waals surface area contributed by atoms with Crippen LogP contribution in [0.1, 0.15) is 27.2 Å². The highest BCUT2D eigenvalue weighted by molar-refractivity contribution is 4.93. The Balaban J connectivity index is 2.46. The predicted molar refractivity (Wildman–Crippen MR) is 46.4 cm³/mol. The van der Waals surface area contributed by atoms with E-state index in [4.69, 9.17) is 5.11 Å². The predicted octanol–water partition coefficient (Wildman–Crippen LogP) is 1.00. The van der Waals surface area contributed by atoms with E-state index < -0.39 is 0 Å². The van der Waals surface area contributed by atoms with Crippen LogP contribution < -0.4 is 5.32 Å². The fraction of sp³-hybridized carbons (Fsp3) is 1.00. The second kappa shape index (κ2) is 3.11. The van der Waals surface area contributed by atoms with Gasteiger partial charge in [0.05, 0.1) is 6.61 Å². The van der Waals surface area contributed by atoms with Crippen molar-refractivity contribution in [2.75, 3.05) is 13.2 Å². The smallest absolute Gasteiger partial charge is 0.0610 e. The van der Waals surface area contributed by atoms with Crippen LogP contribution in [0.15, 0.2) is 0 Å². The van der Waals surface area contributed by atoms with Crippen LogP contribution in [0.25, 0.3) is 0 Å². The van der Waals surface area contributed by atoms with Crippen LogP contribution in [0.4, 0.5) is 0 Å². The first-order chi connectivity index (χ1) is 5.07. The Morgan fingerprint density at radius 2 is 2.27 bits per heavy atom. The van der Waals surface area contributed by atoms with Crippen molar-refractivity contribution >= 4 is 0 Å².